The summed E-state index contributed by atoms with van der Waals surface area (Å²) in [4.78, 5) is 0. The van der Waals surface area contributed by atoms with Crippen molar-refractivity contribution < 1.29 is 8.81 Å². The number of hydrogen-bond acceptors (Lipinski definition) is 4. The lowest BCUT2D eigenvalue weighted by Crippen LogP contribution is -1.95. The lowest BCUT2D eigenvalue weighted by Gasteiger charge is -1.98. The first-order valence-electron chi connectivity index (χ1n) is 4.19. The second-order valence-electron chi connectivity index (χ2n) is 2.81. The number of rotatable bonds is 2. The highest BCUT2D eigenvalue weighted by atomic mass is 35.5. The van der Waals surface area contributed by atoms with Gasteiger partial charge in [0.15, 0.2) is 5.82 Å². The van der Waals surface area contributed by atoms with E-state index in [1.54, 1.807) is 6.07 Å². The Bertz CT molecular complexity index is 486. The van der Waals surface area contributed by atoms with Gasteiger partial charge in [0.1, 0.15) is 0 Å². The van der Waals surface area contributed by atoms with Crippen molar-refractivity contribution in [1.29, 1.82) is 0 Å². The molecule has 2 N–H and O–H groups in total. The smallest absolute Gasteiger partial charge is 0.250 e. The molecule has 0 unspecified atom stereocenters. The van der Waals surface area contributed by atoms with E-state index in [0.717, 1.165) is 0 Å². The van der Waals surface area contributed by atoms with Crippen LogP contribution in [0, 0.1) is 5.82 Å². The number of halogens is 2. The van der Waals surface area contributed by atoms with Gasteiger partial charge in [-0.3, -0.25) is 0 Å². The molecule has 15 heavy (non-hydrogen) atoms. The van der Waals surface area contributed by atoms with E-state index in [1.165, 1.54) is 12.1 Å². The number of aromatic nitrogens is 2. The average Bonchev–Trinajstić information content (AvgIpc) is 2.70. The number of nitrogens with two attached hydrogens (primary N) is 1. The van der Waals surface area contributed by atoms with Gasteiger partial charge in [-0.2, -0.15) is 0 Å². The van der Waals surface area contributed by atoms with Crippen molar-refractivity contribution in [3.05, 3.63) is 34.9 Å². The molecule has 0 bridgehead atoms. The zero-order valence-corrected chi connectivity index (χ0v) is 8.33. The third-order valence-corrected chi connectivity index (χ3v) is 2.12. The molecule has 0 radical (unpaired) electrons. The Morgan fingerprint density at radius 2 is 2.20 bits per heavy atom. The van der Waals surface area contributed by atoms with Crippen LogP contribution in [0.25, 0.3) is 11.5 Å². The Hall–Kier alpha value is -1.46. The molecule has 0 saturated heterocycles. The van der Waals surface area contributed by atoms with Gasteiger partial charge in [0.05, 0.1) is 17.1 Å². The predicted octanol–water partition coefficient (Wildman–Crippen LogP) is 1.99. The maximum atomic E-state index is 13.5. The topological polar surface area (TPSA) is 64.9 Å². The molecule has 0 spiro atoms. The molecule has 1 heterocycles. The minimum absolute atomic E-state index is 0.0139. The lowest BCUT2D eigenvalue weighted by atomic mass is 10.2. The van der Waals surface area contributed by atoms with Crippen LogP contribution in [-0.2, 0) is 6.54 Å². The highest BCUT2D eigenvalue weighted by Crippen LogP contribution is 2.26. The summed E-state index contributed by atoms with van der Waals surface area (Å²) in [6.45, 7) is 0.120. The van der Waals surface area contributed by atoms with Gasteiger partial charge >= 0.3 is 0 Å². The van der Waals surface area contributed by atoms with Gasteiger partial charge in [-0.05, 0) is 12.1 Å². The summed E-state index contributed by atoms with van der Waals surface area (Å²) in [5.41, 5.74) is 5.47. The normalized spacial score (nSPS) is 10.6. The summed E-state index contributed by atoms with van der Waals surface area (Å²) in [5, 5.41) is 7.31. The Morgan fingerprint density at radius 3 is 2.87 bits per heavy atom. The van der Waals surface area contributed by atoms with Gasteiger partial charge in [-0.15, -0.1) is 10.2 Å². The minimum atomic E-state index is -0.577. The van der Waals surface area contributed by atoms with E-state index >= 15 is 0 Å². The van der Waals surface area contributed by atoms with Crippen LogP contribution in [-0.4, -0.2) is 10.2 Å². The summed E-state index contributed by atoms with van der Waals surface area (Å²) < 4.78 is 18.6. The molecule has 0 aliphatic carbocycles. The standard InChI is InChI=1S/C9H7ClFN3O/c10-6-3-1-2-5(8(6)11)9-14-13-7(4-12)15-9/h1-3H,4,12H2. The number of nitrogens with zero attached hydrogens (tertiary/aromatic N) is 2. The molecule has 78 valence electrons. The van der Waals surface area contributed by atoms with E-state index in [9.17, 15) is 4.39 Å². The maximum absolute atomic E-state index is 13.5. The first-order chi connectivity index (χ1) is 7.22. The summed E-state index contributed by atoms with van der Waals surface area (Å²) in [5.74, 6) is -0.244. The molecule has 0 fully saturated rings. The SMILES string of the molecule is NCc1nnc(-c2cccc(Cl)c2F)o1. The maximum Gasteiger partial charge on any atom is 0.250 e. The van der Waals surface area contributed by atoms with E-state index in [2.05, 4.69) is 10.2 Å². The molecule has 0 aliphatic heterocycles. The van der Waals surface area contributed by atoms with Gasteiger partial charge in [0.2, 0.25) is 5.89 Å². The quantitative estimate of drug-likeness (QED) is 0.852. The van der Waals surface area contributed by atoms with Crippen molar-refractivity contribution in [2.24, 2.45) is 5.73 Å². The van der Waals surface area contributed by atoms with E-state index in [-0.39, 0.29) is 28.9 Å². The van der Waals surface area contributed by atoms with E-state index in [0.29, 0.717) is 0 Å². The van der Waals surface area contributed by atoms with Crippen molar-refractivity contribution in [1.82, 2.24) is 10.2 Å². The van der Waals surface area contributed by atoms with E-state index in [4.69, 9.17) is 21.8 Å². The van der Waals surface area contributed by atoms with Crippen LogP contribution in [0.15, 0.2) is 22.6 Å². The Kier molecular flexibility index (Phi) is 2.66. The molecule has 1 aromatic heterocycles. The van der Waals surface area contributed by atoms with Gasteiger partial charge in [0, 0.05) is 0 Å². The first-order valence-corrected chi connectivity index (χ1v) is 4.57. The Balaban J connectivity index is 2.49. The number of hydrogen-bond donors (Lipinski definition) is 1. The third kappa shape index (κ3) is 1.84. The minimum Gasteiger partial charge on any atom is -0.419 e. The lowest BCUT2D eigenvalue weighted by molar-refractivity contribution is 0.504. The molecule has 0 atom stereocenters. The molecule has 6 heteroatoms. The van der Waals surface area contributed by atoms with Gasteiger partial charge in [0.25, 0.3) is 5.89 Å². The highest BCUT2D eigenvalue weighted by Gasteiger charge is 2.14. The van der Waals surface area contributed by atoms with Gasteiger partial charge in [-0.25, -0.2) is 4.39 Å². The van der Waals surface area contributed by atoms with Crippen molar-refractivity contribution >= 4 is 11.6 Å². The average molecular weight is 228 g/mol. The summed E-state index contributed by atoms with van der Waals surface area (Å²) >= 11 is 5.61. The van der Waals surface area contributed by atoms with Crippen molar-refractivity contribution in [3.63, 3.8) is 0 Å². The van der Waals surface area contributed by atoms with Crippen LogP contribution in [0.2, 0.25) is 5.02 Å². The fourth-order valence-electron chi connectivity index (χ4n) is 1.11. The Labute approximate surface area is 89.9 Å². The molecule has 0 amide bonds. The largest absolute Gasteiger partial charge is 0.419 e. The van der Waals surface area contributed by atoms with Crippen LogP contribution in [0.1, 0.15) is 5.89 Å². The fraction of sp³-hybridized carbons (Fsp3) is 0.111. The van der Waals surface area contributed by atoms with Crippen molar-refractivity contribution in [3.8, 4) is 11.5 Å². The Morgan fingerprint density at radius 1 is 1.40 bits per heavy atom. The van der Waals surface area contributed by atoms with Crippen molar-refractivity contribution in [2.45, 2.75) is 6.54 Å². The van der Waals surface area contributed by atoms with Crippen LogP contribution in [0.3, 0.4) is 0 Å². The number of benzene rings is 1. The monoisotopic (exact) mass is 227 g/mol. The summed E-state index contributed by atoms with van der Waals surface area (Å²) in [7, 11) is 0. The molecule has 0 saturated carbocycles. The van der Waals surface area contributed by atoms with Gasteiger partial charge < -0.3 is 10.2 Å². The second kappa shape index (κ2) is 3.96. The molecule has 4 nitrogen and oxygen atoms in total. The molecular formula is C9H7ClFN3O. The second-order valence-corrected chi connectivity index (χ2v) is 3.21. The molecule has 1 aromatic carbocycles. The molecule has 0 aliphatic rings. The molecule has 2 rings (SSSR count). The van der Waals surface area contributed by atoms with E-state index in [1.807, 2.05) is 0 Å². The zero-order chi connectivity index (χ0) is 10.8. The van der Waals surface area contributed by atoms with Crippen LogP contribution >= 0.6 is 11.6 Å². The van der Waals surface area contributed by atoms with Crippen LogP contribution < -0.4 is 5.73 Å². The predicted molar refractivity (Wildman–Crippen MR) is 52.6 cm³/mol. The zero-order valence-electron chi connectivity index (χ0n) is 7.58. The van der Waals surface area contributed by atoms with E-state index < -0.39 is 5.82 Å². The fourth-order valence-corrected chi connectivity index (χ4v) is 1.29. The highest BCUT2D eigenvalue weighted by molar-refractivity contribution is 6.31. The van der Waals surface area contributed by atoms with Crippen LogP contribution in [0.4, 0.5) is 4.39 Å². The summed E-state index contributed by atoms with van der Waals surface area (Å²) in [6.07, 6.45) is 0. The van der Waals surface area contributed by atoms with Gasteiger partial charge in [-0.1, -0.05) is 17.7 Å². The summed E-state index contributed by atoms with van der Waals surface area (Å²) in [6, 6.07) is 4.56. The van der Waals surface area contributed by atoms with Crippen molar-refractivity contribution in [2.75, 3.05) is 0 Å². The third-order valence-electron chi connectivity index (χ3n) is 1.82. The molecular weight excluding hydrogens is 221 g/mol. The van der Waals surface area contributed by atoms with Crippen LogP contribution in [0.5, 0.6) is 0 Å². The first kappa shape index (κ1) is 10.1. The molecule has 2 aromatic rings.